The Kier molecular flexibility index (Phi) is 5.54. The highest BCUT2D eigenvalue weighted by Crippen LogP contribution is 2.05. The minimum atomic E-state index is -0.179. The molecule has 0 atom stereocenters. The average molecular weight is 319 g/mol. The zero-order chi connectivity index (χ0) is 15.9. The fourth-order valence-electron chi connectivity index (χ4n) is 1.87. The second-order valence-corrected chi connectivity index (χ2v) is 5.49. The van der Waals surface area contributed by atoms with Crippen molar-refractivity contribution in [3.8, 4) is 0 Å². The lowest BCUT2D eigenvalue weighted by molar-refractivity contribution is 0.0759. The number of hydrogen-bond acceptors (Lipinski definition) is 6. The SMILES string of the molecule is CN(CCCN(C)C(=O)c1cscn1)C(=O)c1cnccn1. The first-order chi connectivity index (χ1) is 10.6. The van der Waals surface area contributed by atoms with Crippen molar-refractivity contribution in [2.75, 3.05) is 27.2 Å². The van der Waals surface area contributed by atoms with E-state index in [2.05, 4.69) is 15.0 Å². The van der Waals surface area contributed by atoms with E-state index in [9.17, 15) is 9.59 Å². The van der Waals surface area contributed by atoms with Gasteiger partial charge >= 0.3 is 0 Å². The first-order valence-corrected chi connectivity index (χ1v) is 7.69. The predicted molar refractivity (Wildman–Crippen MR) is 82.7 cm³/mol. The molecule has 0 radical (unpaired) electrons. The van der Waals surface area contributed by atoms with E-state index in [4.69, 9.17) is 0 Å². The summed E-state index contributed by atoms with van der Waals surface area (Å²) in [4.78, 5) is 39.1. The molecule has 2 amide bonds. The van der Waals surface area contributed by atoms with Gasteiger partial charge in [-0.25, -0.2) is 9.97 Å². The fraction of sp³-hybridized carbons (Fsp3) is 0.357. The highest BCUT2D eigenvalue weighted by atomic mass is 32.1. The van der Waals surface area contributed by atoms with E-state index in [1.807, 2.05) is 0 Å². The molecule has 0 bridgehead atoms. The number of amides is 2. The maximum absolute atomic E-state index is 12.1. The number of carbonyl (C=O) groups excluding carboxylic acids is 2. The zero-order valence-corrected chi connectivity index (χ0v) is 13.3. The average Bonchev–Trinajstić information content (AvgIpc) is 3.08. The minimum Gasteiger partial charge on any atom is -0.340 e. The first-order valence-electron chi connectivity index (χ1n) is 6.74. The molecule has 0 aliphatic heterocycles. The molecule has 0 spiro atoms. The number of thiazole rings is 1. The summed E-state index contributed by atoms with van der Waals surface area (Å²) in [6.45, 7) is 1.08. The van der Waals surface area contributed by atoms with E-state index in [1.165, 1.54) is 29.9 Å². The van der Waals surface area contributed by atoms with Gasteiger partial charge in [-0.05, 0) is 6.42 Å². The summed E-state index contributed by atoms with van der Waals surface area (Å²) in [7, 11) is 3.44. The van der Waals surface area contributed by atoms with Crippen LogP contribution in [0.4, 0.5) is 0 Å². The molecule has 22 heavy (non-hydrogen) atoms. The molecule has 2 aromatic heterocycles. The van der Waals surface area contributed by atoms with Gasteiger partial charge in [0.1, 0.15) is 11.4 Å². The van der Waals surface area contributed by atoms with Crippen LogP contribution in [0.3, 0.4) is 0 Å². The summed E-state index contributed by atoms with van der Waals surface area (Å²) < 4.78 is 0. The molecule has 0 saturated carbocycles. The van der Waals surface area contributed by atoms with Gasteiger partial charge in [-0.15, -0.1) is 11.3 Å². The smallest absolute Gasteiger partial charge is 0.273 e. The van der Waals surface area contributed by atoms with Gasteiger partial charge < -0.3 is 9.80 Å². The number of carbonyl (C=O) groups is 2. The van der Waals surface area contributed by atoms with Gasteiger partial charge in [-0.2, -0.15) is 0 Å². The number of nitrogens with zero attached hydrogens (tertiary/aromatic N) is 5. The van der Waals surface area contributed by atoms with E-state index in [1.54, 1.807) is 34.8 Å². The molecule has 0 unspecified atom stereocenters. The third kappa shape index (κ3) is 4.08. The van der Waals surface area contributed by atoms with Crippen LogP contribution < -0.4 is 0 Å². The quantitative estimate of drug-likeness (QED) is 0.798. The molecule has 0 aliphatic carbocycles. The van der Waals surface area contributed by atoms with E-state index in [0.29, 0.717) is 30.9 Å². The van der Waals surface area contributed by atoms with Gasteiger partial charge in [0, 0.05) is 45.0 Å². The van der Waals surface area contributed by atoms with Crippen LogP contribution >= 0.6 is 11.3 Å². The number of rotatable bonds is 6. The van der Waals surface area contributed by atoms with E-state index in [0.717, 1.165) is 0 Å². The Labute approximate surface area is 132 Å². The number of aromatic nitrogens is 3. The Balaban J connectivity index is 1.78. The molecule has 0 fully saturated rings. The molecule has 2 heterocycles. The third-order valence-corrected chi connectivity index (χ3v) is 3.70. The Hall–Kier alpha value is -2.35. The molecule has 116 valence electrons. The molecule has 0 aromatic carbocycles. The highest BCUT2D eigenvalue weighted by Gasteiger charge is 2.15. The summed E-state index contributed by atoms with van der Waals surface area (Å²) in [5.74, 6) is -0.286. The standard InChI is InChI=1S/C14H17N5O2S/c1-18(13(20)11-8-15-4-5-16-11)6-3-7-19(2)14(21)12-9-22-10-17-12/h4-5,8-10H,3,6-7H2,1-2H3. The lowest BCUT2D eigenvalue weighted by Gasteiger charge is -2.20. The van der Waals surface area contributed by atoms with Crippen LogP contribution in [0.25, 0.3) is 0 Å². The maximum Gasteiger partial charge on any atom is 0.273 e. The first kappa shape index (κ1) is 16.0. The zero-order valence-electron chi connectivity index (χ0n) is 12.5. The highest BCUT2D eigenvalue weighted by molar-refractivity contribution is 7.07. The Bertz CT molecular complexity index is 617. The van der Waals surface area contributed by atoms with E-state index in [-0.39, 0.29) is 11.8 Å². The summed E-state index contributed by atoms with van der Waals surface area (Å²) >= 11 is 1.39. The third-order valence-electron chi connectivity index (χ3n) is 3.11. The topological polar surface area (TPSA) is 79.3 Å². The van der Waals surface area contributed by atoms with Crippen LogP contribution in [0.5, 0.6) is 0 Å². The fourth-order valence-corrected chi connectivity index (χ4v) is 2.39. The van der Waals surface area contributed by atoms with Crippen molar-refractivity contribution in [3.05, 3.63) is 40.9 Å². The summed E-state index contributed by atoms with van der Waals surface area (Å²) in [5.41, 5.74) is 2.41. The minimum absolute atomic E-state index is 0.107. The summed E-state index contributed by atoms with van der Waals surface area (Å²) in [5, 5.41) is 1.72. The van der Waals surface area contributed by atoms with Crippen molar-refractivity contribution in [2.45, 2.75) is 6.42 Å². The Morgan fingerprint density at radius 2 is 1.73 bits per heavy atom. The van der Waals surface area contributed by atoms with Crippen molar-refractivity contribution in [2.24, 2.45) is 0 Å². The normalized spacial score (nSPS) is 10.3. The molecule has 0 N–H and O–H groups in total. The Morgan fingerprint density at radius 3 is 2.27 bits per heavy atom. The second-order valence-electron chi connectivity index (χ2n) is 4.77. The van der Waals surface area contributed by atoms with Gasteiger partial charge in [0.05, 0.1) is 11.7 Å². The van der Waals surface area contributed by atoms with Crippen LogP contribution in [-0.4, -0.2) is 63.8 Å². The molecular formula is C14H17N5O2S. The van der Waals surface area contributed by atoms with Crippen LogP contribution in [0.2, 0.25) is 0 Å². The lowest BCUT2D eigenvalue weighted by Crippen LogP contribution is -2.33. The van der Waals surface area contributed by atoms with Crippen molar-refractivity contribution in [1.29, 1.82) is 0 Å². The molecule has 2 rings (SSSR count). The molecule has 0 aliphatic rings. The van der Waals surface area contributed by atoms with Crippen molar-refractivity contribution < 1.29 is 9.59 Å². The summed E-state index contributed by atoms with van der Waals surface area (Å²) in [6, 6.07) is 0. The van der Waals surface area contributed by atoms with Gasteiger partial charge in [0.25, 0.3) is 11.8 Å². The molecule has 8 heteroatoms. The van der Waals surface area contributed by atoms with Gasteiger partial charge in [0.2, 0.25) is 0 Å². The van der Waals surface area contributed by atoms with E-state index >= 15 is 0 Å². The van der Waals surface area contributed by atoms with Crippen LogP contribution in [0.1, 0.15) is 27.4 Å². The van der Waals surface area contributed by atoms with Gasteiger partial charge in [-0.3, -0.25) is 14.6 Å². The monoisotopic (exact) mass is 319 g/mol. The molecular weight excluding hydrogens is 302 g/mol. The molecule has 7 nitrogen and oxygen atoms in total. The van der Waals surface area contributed by atoms with Crippen LogP contribution in [-0.2, 0) is 0 Å². The van der Waals surface area contributed by atoms with Crippen molar-refractivity contribution in [1.82, 2.24) is 24.8 Å². The maximum atomic E-state index is 12.1. The summed E-state index contributed by atoms with van der Waals surface area (Å²) in [6.07, 6.45) is 5.13. The number of hydrogen-bond donors (Lipinski definition) is 0. The van der Waals surface area contributed by atoms with Gasteiger partial charge in [0.15, 0.2) is 0 Å². The van der Waals surface area contributed by atoms with E-state index < -0.39 is 0 Å². The lowest BCUT2D eigenvalue weighted by atomic mass is 10.3. The van der Waals surface area contributed by atoms with Gasteiger partial charge in [-0.1, -0.05) is 0 Å². The molecule has 2 aromatic rings. The van der Waals surface area contributed by atoms with Crippen molar-refractivity contribution >= 4 is 23.2 Å². The van der Waals surface area contributed by atoms with Crippen LogP contribution in [0, 0.1) is 0 Å². The molecule has 0 saturated heterocycles. The van der Waals surface area contributed by atoms with Crippen LogP contribution in [0.15, 0.2) is 29.5 Å². The predicted octanol–water partition coefficient (Wildman–Crippen LogP) is 1.17. The second kappa shape index (κ2) is 7.60. The Morgan fingerprint density at radius 1 is 1.05 bits per heavy atom. The van der Waals surface area contributed by atoms with Crippen molar-refractivity contribution in [3.63, 3.8) is 0 Å². The largest absolute Gasteiger partial charge is 0.340 e.